The lowest BCUT2D eigenvalue weighted by atomic mass is 9.77. The van der Waals surface area contributed by atoms with Crippen LogP contribution in [-0.4, -0.2) is 90.0 Å². The van der Waals surface area contributed by atoms with E-state index >= 15 is 0 Å². The van der Waals surface area contributed by atoms with Crippen LogP contribution in [0.2, 0.25) is 0 Å². The largest absolute Gasteiger partial charge is 0.497 e. The number of nitrogens with one attached hydrogen (secondary N) is 1. The first-order valence-electron chi connectivity index (χ1n) is 13.5. The third kappa shape index (κ3) is 6.07. The standard InChI is InChI=1S/C30H36N2O9/c1-4-23(35)30(38)32(10-8-17-6-5-7-19(12-17)39-2)22-15-21(29(37)31-9-11-33)25-20-13-18(16-34)14-24(40-3)27(20)41-28(25)26(22)36/h5-7,12-15,22,25-26,28,33-34,36H,4,8-11,16H2,1-3H3,(H,31,37)/t22-,25+,26+,28+/m1/s1. The fraction of sp³-hybridized carbons (Fsp3) is 0.433. The number of carbonyl (C=O) groups is 3. The summed E-state index contributed by atoms with van der Waals surface area (Å²) < 4.78 is 17.0. The zero-order valence-corrected chi connectivity index (χ0v) is 23.3. The van der Waals surface area contributed by atoms with Crippen LogP contribution in [0.15, 0.2) is 48.0 Å². The molecule has 2 amide bonds. The molecule has 0 unspecified atom stereocenters. The highest BCUT2D eigenvalue weighted by molar-refractivity contribution is 6.36. The van der Waals surface area contributed by atoms with E-state index in [1.165, 1.54) is 18.1 Å². The molecule has 0 saturated heterocycles. The van der Waals surface area contributed by atoms with Crippen molar-refractivity contribution in [1.29, 1.82) is 0 Å². The Morgan fingerprint density at radius 3 is 2.51 bits per heavy atom. The van der Waals surface area contributed by atoms with Gasteiger partial charge in [0.25, 0.3) is 5.91 Å². The van der Waals surface area contributed by atoms with Crippen molar-refractivity contribution in [1.82, 2.24) is 10.2 Å². The maximum atomic E-state index is 13.4. The van der Waals surface area contributed by atoms with Crippen LogP contribution in [-0.2, 0) is 27.4 Å². The van der Waals surface area contributed by atoms with Crippen LogP contribution in [0.3, 0.4) is 0 Å². The molecule has 0 aromatic heterocycles. The van der Waals surface area contributed by atoms with E-state index in [0.717, 1.165) is 5.56 Å². The molecule has 11 heteroatoms. The average Bonchev–Trinajstić information content (AvgIpc) is 3.39. The SMILES string of the molecule is CCC(=O)C(=O)N(CCc1cccc(OC)c1)[C@@H]1C=C(C(=O)NCCO)[C@@H]2c3cc(CO)cc(OC)c3O[C@@H]2[C@H]1O. The first kappa shape index (κ1) is 30.0. The summed E-state index contributed by atoms with van der Waals surface area (Å²) in [5, 5.41) is 33.5. The predicted octanol–water partition coefficient (Wildman–Crippen LogP) is 0.869. The highest BCUT2D eigenvalue weighted by Crippen LogP contribution is 2.51. The normalized spacial score (nSPS) is 20.7. The smallest absolute Gasteiger partial charge is 0.290 e. The van der Waals surface area contributed by atoms with Gasteiger partial charge in [0.1, 0.15) is 18.0 Å². The quantitative estimate of drug-likeness (QED) is 0.273. The highest BCUT2D eigenvalue weighted by atomic mass is 16.5. The molecule has 1 heterocycles. The fourth-order valence-corrected chi connectivity index (χ4v) is 5.39. The third-order valence-corrected chi connectivity index (χ3v) is 7.45. The van der Waals surface area contributed by atoms with Crippen LogP contribution >= 0.6 is 0 Å². The van der Waals surface area contributed by atoms with Gasteiger partial charge in [-0.25, -0.2) is 0 Å². The zero-order chi connectivity index (χ0) is 29.7. The van der Waals surface area contributed by atoms with Gasteiger partial charge in [-0.05, 0) is 47.9 Å². The molecule has 1 aliphatic heterocycles. The first-order chi connectivity index (χ1) is 19.8. The Bertz CT molecular complexity index is 1330. The monoisotopic (exact) mass is 568 g/mol. The van der Waals surface area contributed by atoms with Crippen molar-refractivity contribution in [2.45, 2.75) is 50.5 Å². The summed E-state index contributed by atoms with van der Waals surface area (Å²) in [5.74, 6) is -1.40. The van der Waals surface area contributed by atoms with Crippen molar-refractivity contribution in [2.24, 2.45) is 0 Å². The molecule has 2 aromatic rings. The molecular weight excluding hydrogens is 532 g/mol. The number of Topliss-reactive ketones (excluding diaryl/α,β-unsaturated/α-hetero) is 1. The van der Waals surface area contributed by atoms with Gasteiger partial charge in [0, 0.05) is 30.6 Å². The molecule has 0 radical (unpaired) electrons. The number of aliphatic hydroxyl groups excluding tert-OH is 3. The Hall–Kier alpha value is -3.93. The number of ether oxygens (including phenoxy) is 3. The van der Waals surface area contributed by atoms with Crippen LogP contribution in [0, 0.1) is 0 Å². The summed E-state index contributed by atoms with van der Waals surface area (Å²) in [5.41, 5.74) is 2.13. The van der Waals surface area contributed by atoms with Gasteiger partial charge in [0.2, 0.25) is 11.7 Å². The average molecular weight is 569 g/mol. The summed E-state index contributed by atoms with van der Waals surface area (Å²) in [6, 6.07) is 9.53. The van der Waals surface area contributed by atoms with Crippen molar-refractivity contribution in [2.75, 3.05) is 33.9 Å². The number of carbonyl (C=O) groups excluding carboxylic acids is 3. The van der Waals surface area contributed by atoms with Crippen LogP contribution in [0.1, 0.15) is 36.0 Å². The van der Waals surface area contributed by atoms with E-state index in [1.807, 2.05) is 18.2 Å². The van der Waals surface area contributed by atoms with Gasteiger partial charge >= 0.3 is 0 Å². The lowest BCUT2D eigenvalue weighted by molar-refractivity contribution is -0.148. The lowest BCUT2D eigenvalue weighted by Gasteiger charge is -2.40. The molecule has 4 rings (SSSR count). The van der Waals surface area contributed by atoms with Crippen molar-refractivity contribution in [3.63, 3.8) is 0 Å². The maximum Gasteiger partial charge on any atom is 0.290 e. The van der Waals surface area contributed by atoms with E-state index in [-0.39, 0.29) is 38.3 Å². The molecular formula is C30H36N2O9. The molecule has 11 nitrogen and oxygen atoms in total. The highest BCUT2D eigenvalue weighted by Gasteiger charge is 2.51. The molecule has 2 aliphatic rings. The number of nitrogens with zero attached hydrogens (tertiary/aromatic N) is 1. The molecule has 0 fully saturated rings. The van der Waals surface area contributed by atoms with Gasteiger partial charge in [0.05, 0.1) is 39.4 Å². The zero-order valence-electron chi connectivity index (χ0n) is 23.3. The van der Waals surface area contributed by atoms with Crippen LogP contribution < -0.4 is 19.5 Å². The molecule has 2 aromatic carbocycles. The van der Waals surface area contributed by atoms with Gasteiger partial charge < -0.3 is 39.7 Å². The molecule has 41 heavy (non-hydrogen) atoms. The number of hydrogen-bond donors (Lipinski definition) is 4. The molecule has 1 aliphatic carbocycles. The Morgan fingerprint density at radius 1 is 1.07 bits per heavy atom. The number of benzene rings is 2. The number of rotatable bonds is 12. The number of fused-ring (bicyclic) bond motifs is 3. The summed E-state index contributed by atoms with van der Waals surface area (Å²) in [4.78, 5) is 40.7. The summed E-state index contributed by atoms with van der Waals surface area (Å²) in [6.07, 6.45) is -0.488. The minimum atomic E-state index is -1.32. The molecule has 220 valence electrons. The minimum absolute atomic E-state index is 0.0126. The van der Waals surface area contributed by atoms with E-state index in [1.54, 1.807) is 32.2 Å². The topological polar surface area (TPSA) is 155 Å². The molecule has 0 bridgehead atoms. The second-order valence-electron chi connectivity index (χ2n) is 9.89. The summed E-state index contributed by atoms with van der Waals surface area (Å²) >= 11 is 0. The predicted molar refractivity (Wildman–Crippen MR) is 148 cm³/mol. The second kappa shape index (κ2) is 13.2. The molecule has 4 atom stereocenters. The number of ketones is 1. The third-order valence-electron chi connectivity index (χ3n) is 7.45. The van der Waals surface area contributed by atoms with E-state index in [2.05, 4.69) is 5.32 Å². The fourth-order valence-electron chi connectivity index (χ4n) is 5.39. The summed E-state index contributed by atoms with van der Waals surface area (Å²) in [7, 11) is 3.00. The Labute approximate surface area is 238 Å². The van der Waals surface area contributed by atoms with Crippen LogP contribution in [0.25, 0.3) is 0 Å². The van der Waals surface area contributed by atoms with Crippen molar-refractivity contribution < 1.29 is 43.9 Å². The van der Waals surface area contributed by atoms with Gasteiger partial charge in [-0.1, -0.05) is 19.1 Å². The van der Waals surface area contributed by atoms with E-state index < -0.39 is 41.8 Å². The van der Waals surface area contributed by atoms with Gasteiger partial charge in [-0.3, -0.25) is 14.4 Å². The molecule has 0 spiro atoms. The molecule has 0 saturated carbocycles. The van der Waals surface area contributed by atoms with Gasteiger partial charge in [-0.2, -0.15) is 0 Å². The van der Waals surface area contributed by atoms with Crippen LogP contribution in [0.5, 0.6) is 17.2 Å². The number of hydrogen-bond acceptors (Lipinski definition) is 9. The van der Waals surface area contributed by atoms with E-state index in [0.29, 0.717) is 34.8 Å². The minimum Gasteiger partial charge on any atom is -0.497 e. The van der Waals surface area contributed by atoms with Crippen molar-refractivity contribution in [3.05, 3.63) is 64.7 Å². The summed E-state index contributed by atoms with van der Waals surface area (Å²) in [6.45, 7) is 1.07. The Balaban J connectivity index is 1.78. The maximum absolute atomic E-state index is 13.4. The Kier molecular flexibility index (Phi) is 9.64. The van der Waals surface area contributed by atoms with Crippen molar-refractivity contribution >= 4 is 17.6 Å². The van der Waals surface area contributed by atoms with E-state index in [9.17, 15) is 29.7 Å². The Morgan fingerprint density at radius 2 is 1.85 bits per heavy atom. The number of methoxy groups -OCH3 is 2. The lowest BCUT2D eigenvalue weighted by Crippen LogP contribution is -2.57. The molecule has 4 N–H and O–H groups in total. The van der Waals surface area contributed by atoms with Crippen LogP contribution in [0.4, 0.5) is 0 Å². The van der Waals surface area contributed by atoms with Gasteiger partial charge in [-0.15, -0.1) is 0 Å². The van der Waals surface area contributed by atoms with Gasteiger partial charge in [0.15, 0.2) is 11.5 Å². The number of aliphatic hydroxyl groups is 3. The second-order valence-corrected chi connectivity index (χ2v) is 9.89. The first-order valence-corrected chi connectivity index (χ1v) is 13.5. The van der Waals surface area contributed by atoms with Crippen molar-refractivity contribution in [3.8, 4) is 17.2 Å². The number of amides is 2. The van der Waals surface area contributed by atoms with E-state index in [4.69, 9.17) is 14.2 Å².